The fourth-order valence-corrected chi connectivity index (χ4v) is 2.81. The van der Waals surface area contributed by atoms with E-state index in [1.807, 2.05) is 29.7 Å². The Morgan fingerprint density at radius 3 is 2.61 bits per heavy atom. The Bertz CT molecular complexity index is 765. The van der Waals surface area contributed by atoms with Gasteiger partial charge in [-0.2, -0.15) is 5.10 Å². The molecule has 3 N–H and O–H groups in total. The minimum atomic E-state index is -0.807. The van der Waals surface area contributed by atoms with Crippen LogP contribution in [0, 0.1) is 10.1 Å². The molecule has 7 nitrogen and oxygen atoms in total. The first-order valence-corrected chi connectivity index (χ1v) is 7.87. The molecule has 2 amide bonds. The number of carbonyl (C=O) groups excluding carboxylic acids is 1. The van der Waals surface area contributed by atoms with Gasteiger partial charge in [0.05, 0.1) is 16.0 Å². The first-order chi connectivity index (χ1) is 11.0. The number of hydrogen-bond donors (Lipinski definition) is 2. The molecule has 2 aromatic rings. The summed E-state index contributed by atoms with van der Waals surface area (Å²) in [5.41, 5.74) is 7.34. The Labute approximate surface area is 144 Å². The van der Waals surface area contributed by atoms with Crippen molar-refractivity contribution in [2.75, 3.05) is 0 Å². The minimum Gasteiger partial charge on any atom is -0.350 e. The Kier molecular flexibility index (Phi) is 5.72. The summed E-state index contributed by atoms with van der Waals surface area (Å²) in [6.07, 6.45) is 1.28. The molecule has 0 heterocycles. The van der Waals surface area contributed by atoms with Crippen LogP contribution in [0.4, 0.5) is 10.5 Å². The molecule has 0 radical (unpaired) electrons. The van der Waals surface area contributed by atoms with Crippen LogP contribution >= 0.6 is 27.7 Å². The van der Waals surface area contributed by atoms with Crippen molar-refractivity contribution in [1.82, 2.24) is 5.43 Å². The van der Waals surface area contributed by atoms with Gasteiger partial charge in [0.15, 0.2) is 0 Å². The number of primary amides is 1. The third kappa shape index (κ3) is 5.08. The molecule has 9 heteroatoms. The molecular weight excluding hydrogens is 384 g/mol. The highest BCUT2D eigenvalue weighted by atomic mass is 79.9. The molecule has 0 aliphatic carbocycles. The van der Waals surface area contributed by atoms with E-state index >= 15 is 0 Å². The molecule has 0 bridgehead atoms. The predicted molar refractivity (Wildman–Crippen MR) is 91.7 cm³/mol. The topological polar surface area (TPSA) is 111 Å². The van der Waals surface area contributed by atoms with Gasteiger partial charge in [-0.1, -0.05) is 33.8 Å². The highest BCUT2D eigenvalue weighted by molar-refractivity contribution is 9.10. The summed E-state index contributed by atoms with van der Waals surface area (Å²) in [6, 6.07) is 11.3. The van der Waals surface area contributed by atoms with Crippen molar-refractivity contribution in [1.29, 1.82) is 0 Å². The van der Waals surface area contributed by atoms with Crippen molar-refractivity contribution >= 4 is 45.6 Å². The van der Waals surface area contributed by atoms with Crippen molar-refractivity contribution in [3.63, 3.8) is 0 Å². The van der Waals surface area contributed by atoms with Crippen LogP contribution in [0.15, 0.2) is 61.8 Å². The molecule has 0 fully saturated rings. The van der Waals surface area contributed by atoms with Gasteiger partial charge in [-0.15, -0.1) is 0 Å². The zero-order valence-electron chi connectivity index (χ0n) is 11.6. The van der Waals surface area contributed by atoms with Gasteiger partial charge in [0.1, 0.15) is 0 Å². The molecule has 0 spiro atoms. The second-order valence-electron chi connectivity index (χ2n) is 4.27. The minimum absolute atomic E-state index is 0.0408. The summed E-state index contributed by atoms with van der Waals surface area (Å²) in [6.45, 7) is 0. The first kappa shape index (κ1) is 17.0. The fourth-order valence-electron chi connectivity index (χ4n) is 1.64. The van der Waals surface area contributed by atoms with Crippen LogP contribution in [0.2, 0.25) is 0 Å². The summed E-state index contributed by atoms with van der Waals surface area (Å²) in [5.74, 6) is 0. The van der Waals surface area contributed by atoms with Gasteiger partial charge < -0.3 is 5.73 Å². The number of halogens is 1. The third-order valence-corrected chi connectivity index (χ3v) is 4.21. The zero-order chi connectivity index (χ0) is 16.8. The summed E-state index contributed by atoms with van der Waals surface area (Å²) in [7, 11) is 0. The maximum atomic E-state index is 11.3. The van der Waals surface area contributed by atoms with Crippen molar-refractivity contribution < 1.29 is 9.72 Å². The molecule has 0 saturated carbocycles. The molecule has 0 aliphatic heterocycles. The molecule has 118 valence electrons. The molecule has 0 aromatic heterocycles. The number of rotatable bonds is 5. The maximum absolute atomic E-state index is 11.3. The van der Waals surface area contributed by atoms with Crippen LogP contribution in [-0.2, 0) is 0 Å². The molecule has 0 saturated heterocycles. The average Bonchev–Trinajstić information content (AvgIpc) is 2.50. The molecule has 2 rings (SSSR count). The lowest BCUT2D eigenvalue weighted by Gasteiger charge is -2.04. The number of nitro benzene ring substituents is 1. The monoisotopic (exact) mass is 394 g/mol. The number of hydrazone groups is 1. The molecular formula is C14H11BrN4O3S. The number of carbonyl (C=O) groups is 1. The van der Waals surface area contributed by atoms with E-state index in [1.165, 1.54) is 24.0 Å². The van der Waals surface area contributed by atoms with E-state index in [2.05, 4.69) is 21.0 Å². The number of amides is 2. The standard InChI is InChI=1S/C14H11BrN4O3S/c15-10-2-4-11(5-3-10)23-13-6-1-9(7-12(13)19(21)22)8-17-18-14(16)20/h1-8H,(H3,16,18,20). The Morgan fingerprint density at radius 2 is 2.00 bits per heavy atom. The van der Waals surface area contributed by atoms with Gasteiger partial charge in [0, 0.05) is 21.0 Å². The van der Waals surface area contributed by atoms with Gasteiger partial charge >= 0.3 is 6.03 Å². The van der Waals surface area contributed by atoms with Crippen molar-refractivity contribution in [3.05, 3.63) is 62.6 Å². The fraction of sp³-hybridized carbons (Fsp3) is 0. The average molecular weight is 395 g/mol. The van der Waals surface area contributed by atoms with Crippen LogP contribution in [-0.4, -0.2) is 17.2 Å². The number of nitro groups is 1. The number of nitrogens with zero attached hydrogens (tertiary/aromatic N) is 2. The molecule has 0 unspecified atom stereocenters. The van der Waals surface area contributed by atoms with Crippen LogP contribution in [0.5, 0.6) is 0 Å². The van der Waals surface area contributed by atoms with Crippen LogP contribution in [0.3, 0.4) is 0 Å². The van der Waals surface area contributed by atoms with Gasteiger partial charge in [0.25, 0.3) is 5.69 Å². The van der Waals surface area contributed by atoms with Gasteiger partial charge in [-0.05, 0) is 30.3 Å². The lowest BCUT2D eigenvalue weighted by atomic mass is 10.2. The third-order valence-electron chi connectivity index (χ3n) is 2.61. The maximum Gasteiger partial charge on any atom is 0.332 e. The number of benzene rings is 2. The summed E-state index contributed by atoms with van der Waals surface area (Å²) >= 11 is 4.63. The number of urea groups is 1. The second-order valence-corrected chi connectivity index (χ2v) is 6.31. The second kappa shape index (κ2) is 7.75. The molecule has 2 aromatic carbocycles. The van der Waals surface area contributed by atoms with E-state index in [0.717, 1.165) is 9.37 Å². The lowest BCUT2D eigenvalue weighted by Crippen LogP contribution is -2.24. The summed E-state index contributed by atoms with van der Waals surface area (Å²) in [5, 5.41) is 14.8. The first-order valence-electron chi connectivity index (χ1n) is 6.26. The Hall–Kier alpha value is -2.39. The lowest BCUT2D eigenvalue weighted by molar-refractivity contribution is -0.387. The van der Waals surface area contributed by atoms with Crippen LogP contribution in [0.25, 0.3) is 0 Å². The van der Waals surface area contributed by atoms with Crippen LogP contribution in [0.1, 0.15) is 5.56 Å². The van der Waals surface area contributed by atoms with E-state index in [4.69, 9.17) is 5.73 Å². The van der Waals surface area contributed by atoms with E-state index in [1.54, 1.807) is 12.1 Å². The van der Waals surface area contributed by atoms with E-state index < -0.39 is 11.0 Å². The SMILES string of the molecule is NC(=O)NN=Cc1ccc(Sc2ccc(Br)cc2)c([N+](=O)[O-])c1. The van der Waals surface area contributed by atoms with Gasteiger partial charge in [-0.25, -0.2) is 10.2 Å². The van der Waals surface area contributed by atoms with Crippen molar-refractivity contribution in [2.24, 2.45) is 10.8 Å². The number of nitrogens with two attached hydrogens (primary N) is 1. The summed E-state index contributed by atoms with van der Waals surface area (Å²) < 4.78 is 0.935. The number of nitrogens with one attached hydrogen (secondary N) is 1. The summed E-state index contributed by atoms with van der Waals surface area (Å²) in [4.78, 5) is 22.7. The Morgan fingerprint density at radius 1 is 1.30 bits per heavy atom. The Balaban J connectivity index is 2.25. The van der Waals surface area contributed by atoms with Gasteiger partial charge in [0.2, 0.25) is 0 Å². The number of hydrogen-bond acceptors (Lipinski definition) is 5. The highest BCUT2D eigenvalue weighted by Gasteiger charge is 2.15. The normalized spacial score (nSPS) is 10.7. The van der Waals surface area contributed by atoms with Crippen LogP contribution < -0.4 is 11.2 Å². The quantitative estimate of drug-likeness (QED) is 0.459. The smallest absolute Gasteiger partial charge is 0.332 e. The molecule has 0 atom stereocenters. The van der Waals surface area contributed by atoms with E-state index in [-0.39, 0.29) is 5.69 Å². The highest BCUT2D eigenvalue weighted by Crippen LogP contribution is 2.35. The van der Waals surface area contributed by atoms with E-state index in [0.29, 0.717) is 10.5 Å². The molecule has 0 aliphatic rings. The van der Waals surface area contributed by atoms with Gasteiger partial charge in [-0.3, -0.25) is 10.1 Å². The predicted octanol–water partition coefficient (Wildman–Crippen LogP) is 3.51. The zero-order valence-corrected chi connectivity index (χ0v) is 14.0. The molecule has 23 heavy (non-hydrogen) atoms. The largest absolute Gasteiger partial charge is 0.350 e. The van der Waals surface area contributed by atoms with Crippen molar-refractivity contribution in [2.45, 2.75) is 9.79 Å². The van der Waals surface area contributed by atoms with Crippen molar-refractivity contribution in [3.8, 4) is 0 Å². The van der Waals surface area contributed by atoms with E-state index in [9.17, 15) is 14.9 Å².